The van der Waals surface area contributed by atoms with Crippen LogP contribution < -0.4 is 15.7 Å². The van der Waals surface area contributed by atoms with Gasteiger partial charge in [-0.2, -0.15) is 0 Å². The van der Waals surface area contributed by atoms with Crippen LogP contribution in [0.2, 0.25) is 0 Å². The second kappa shape index (κ2) is 15.9. The Morgan fingerprint density at radius 2 is 1.92 bits per heavy atom. The Balaban J connectivity index is 0.00000338. The molecule has 1 heterocycles. The molecule has 37 heavy (non-hydrogen) atoms. The lowest BCUT2D eigenvalue weighted by Gasteiger charge is -2.22. The van der Waals surface area contributed by atoms with E-state index in [2.05, 4.69) is 26.1 Å². The van der Waals surface area contributed by atoms with Gasteiger partial charge in [0.1, 0.15) is 11.8 Å². The molecule has 0 radical (unpaired) electrons. The summed E-state index contributed by atoms with van der Waals surface area (Å²) in [5.74, 6) is -1.68. The molecule has 0 aliphatic heterocycles. The molecule has 15 heteroatoms. The second-order valence-corrected chi connectivity index (χ2v) is 7.20. The molecule has 1 aromatic heterocycles. The summed E-state index contributed by atoms with van der Waals surface area (Å²) in [5.41, 5.74) is 0.957. The zero-order valence-electron chi connectivity index (χ0n) is 28.4. The number of benzene rings is 1. The summed E-state index contributed by atoms with van der Waals surface area (Å²) in [6, 6.07) is 5.78. The Bertz CT molecular complexity index is 1270. The summed E-state index contributed by atoms with van der Waals surface area (Å²) in [4.78, 5) is 37.6. The van der Waals surface area contributed by atoms with Crippen LogP contribution in [0, 0.1) is 0 Å². The Morgan fingerprint density at radius 3 is 2.54 bits per heavy atom. The number of rotatable bonds is 13. The van der Waals surface area contributed by atoms with E-state index in [0.29, 0.717) is 11.4 Å². The van der Waals surface area contributed by atoms with Crippen molar-refractivity contribution >= 4 is 30.2 Å². The molecule has 0 bridgehead atoms. The van der Waals surface area contributed by atoms with Gasteiger partial charge in [0, 0.05) is 24.8 Å². The first kappa shape index (κ1) is 19.2. The number of nitrogens with one attached hydrogen (secondary N) is 2. The van der Waals surface area contributed by atoms with E-state index < -0.39 is 75.7 Å². The van der Waals surface area contributed by atoms with E-state index in [0.717, 1.165) is 6.21 Å². The molecular weight excluding hydrogens is 490 g/mol. The number of nitrogens with zero attached hydrogens (tertiary/aromatic N) is 5. The largest absolute Gasteiger partial charge is 0.554 e. The summed E-state index contributed by atoms with van der Waals surface area (Å²) in [7, 11) is 0. The van der Waals surface area contributed by atoms with E-state index >= 15 is 0 Å². The quantitative estimate of drug-likeness (QED) is 0.0763. The summed E-state index contributed by atoms with van der Waals surface area (Å²) in [6.07, 6.45) is -0.0206. The number of aliphatic hydroxyl groups excluding tert-OH is 3. The number of quaternary nitrogens is 1. The number of anilines is 1. The average molecular weight is 533 g/mol. The van der Waals surface area contributed by atoms with Crippen molar-refractivity contribution in [1.29, 1.82) is 0 Å². The van der Waals surface area contributed by atoms with E-state index in [9.17, 15) is 19.8 Å². The van der Waals surface area contributed by atoms with Crippen LogP contribution in [-0.2, 0) is 25.8 Å². The van der Waals surface area contributed by atoms with Crippen molar-refractivity contribution < 1.29 is 56.5 Å². The normalized spacial score (nSPS) is 17.3. The number of likely N-dealkylation sites (N-methyl/N-ethyl adjacent to an activating group) is 1. The molecule has 0 aliphatic carbocycles. The van der Waals surface area contributed by atoms with Crippen LogP contribution in [0.4, 0.5) is 5.69 Å². The van der Waals surface area contributed by atoms with Crippen LogP contribution in [0.25, 0.3) is 5.69 Å². The van der Waals surface area contributed by atoms with E-state index in [1.165, 1.54) is 35.1 Å². The monoisotopic (exact) mass is 532 g/mol. The van der Waals surface area contributed by atoms with Gasteiger partial charge in [-0.1, -0.05) is 10.4 Å². The molecule has 2 atom stereocenters. The fourth-order valence-electron chi connectivity index (χ4n) is 2.44. The lowest BCUT2D eigenvalue weighted by atomic mass is 10.2. The highest BCUT2D eigenvalue weighted by Crippen LogP contribution is 2.13. The molecule has 0 fully saturated rings. The Morgan fingerprint density at radius 1 is 1.24 bits per heavy atom. The smallest absolute Gasteiger partial charge is 0.279 e. The minimum atomic E-state index is -3.56. The maximum absolute atomic E-state index is 12.6. The molecule has 15 nitrogen and oxygen atoms in total. The highest BCUT2D eigenvalue weighted by molar-refractivity contribution is 5.91. The molecule has 0 spiro atoms. The predicted molar refractivity (Wildman–Crippen MR) is 129 cm³/mol. The molecule has 1 aromatic carbocycles. The van der Waals surface area contributed by atoms with Crippen LogP contribution in [0.1, 0.15) is 24.5 Å². The second-order valence-electron chi connectivity index (χ2n) is 7.20. The molecule has 2 rings (SSSR count). The topological polar surface area (TPSA) is 211 Å². The lowest BCUT2D eigenvalue weighted by molar-refractivity contribution is -0.861. The first-order valence-electron chi connectivity index (χ1n) is 14.9. The molecule has 0 saturated heterocycles. The lowest BCUT2D eigenvalue weighted by Crippen LogP contribution is -2.41. The number of aromatic nitrogens is 3. The van der Waals surface area contributed by atoms with Gasteiger partial charge in [0.05, 0.1) is 64.4 Å². The highest BCUT2D eigenvalue weighted by Gasteiger charge is 2.15. The molecule has 204 valence electrons. The first-order valence-corrected chi connectivity index (χ1v) is 10.4. The third-order valence-electron chi connectivity index (χ3n) is 4.13. The fraction of sp³-hybridized carbons (Fsp3) is 0.455. The number of carbonyl (C=O) groups is 3. The van der Waals surface area contributed by atoms with Crippen LogP contribution in [0.5, 0.6) is 0 Å². The molecule has 2 aromatic rings. The zero-order chi connectivity index (χ0) is 35.3. The van der Waals surface area contributed by atoms with Crippen molar-refractivity contribution in [2.24, 2.45) is 5.16 Å². The predicted octanol–water partition coefficient (Wildman–Crippen LogP) is -3.00. The van der Waals surface area contributed by atoms with Crippen molar-refractivity contribution in [3.05, 3.63) is 36.2 Å². The average Bonchev–Trinajstić information content (AvgIpc) is 3.42. The van der Waals surface area contributed by atoms with Gasteiger partial charge in [-0.25, -0.2) is 4.68 Å². The van der Waals surface area contributed by atoms with E-state index in [1.807, 2.05) is 0 Å². The number of oxime groups is 1. The first-order chi connectivity index (χ1) is 21.2. The van der Waals surface area contributed by atoms with Crippen LogP contribution in [-0.4, -0.2) is 112 Å². The summed E-state index contributed by atoms with van der Waals surface area (Å²) >= 11 is 0. The van der Waals surface area contributed by atoms with Crippen LogP contribution in [0.3, 0.4) is 0 Å². The molecule has 5 N–H and O–H groups in total. The van der Waals surface area contributed by atoms with Gasteiger partial charge in [0.15, 0.2) is 13.2 Å². The maximum Gasteiger partial charge on any atom is 0.279 e. The van der Waals surface area contributed by atoms with Crippen molar-refractivity contribution in [2.45, 2.75) is 25.2 Å². The third-order valence-corrected chi connectivity index (χ3v) is 4.13. The van der Waals surface area contributed by atoms with E-state index in [4.69, 9.17) is 32.2 Å². The number of hydrogen-bond acceptors (Lipinski definition) is 11. The van der Waals surface area contributed by atoms with Gasteiger partial charge in [0.25, 0.3) is 11.8 Å². The zero-order valence-corrected chi connectivity index (χ0v) is 19.4. The van der Waals surface area contributed by atoms with Crippen molar-refractivity contribution in [3.63, 3.8) is 0 Å². The summed E-state index contributed by atoms with van der Waals surface area (Å²) in [5, 5.41) is 51.8. The number of hydrogen-bond donors (Lipinski definition) is 5. The maximum atomic E-state index is 12.6. The highest BCUT2D eigenvalue weighted by atomic mass is 16.6. The van der Waals surface area contributed by atoms with Crippen molar-refractivity contribution in [2.75, 3.05) is 46.0 Å². The van der Waals surface area contributed by atoms with Gasteiger partial charge in [-0.05, 0) is 24.3 Å². The number of aliphatic hydroxyl groups is 3. The Labute approximate surface area is 226 Å². The minimum Gasteiger partial charge on any atom is -0.554 e. The van der Waals surface area contributed by atoms with Crippen LogP contribution >= 0.6 is 0 Å². The van der Waals surface area contributed by atoms with Gasteiger partial charge < -0.3 is 45.2 Å². The molecule has 0 unspecified atom stereocenters. The standard InChI is InChI=1S/C21H31N7O6.CH2O2/c1-28(2,3)12-20(32)24-15-4-6-17(7-5-15)27-11-16(25-26-27)10-22-21(33)14-34-23-9-8-18(30)19(31)13-29;2-1-3/h4-7,9,11,18-19,29-31H,8,10,12-14H2,1-3H3,(H-,22,24,32,33);1H,(H,2,3)/t18-,19+;/m0./s1/i1D3,2D3,3D3;. The fourth-order valence-corrected chi connectivity index (χ4v) is 2.44. The van der Waals surface area contributed by atoms with E-state index in [1.54, 1.807) is 0 Å². The number of carboxylic acid groups (broad SMARTS) is 1. The third kappa shape index (κ3) is 13.1. The molecule has 0 saturated carbocycles. The van der Waals surface area contributed by atoms with Gasteiger partial charge in [0.2, 0.25) is 0 Å². The summed E-state index contributed by atoms with van der Waals surface area (Å²) < 4.78 is 67.4. The molecule has 2 amide bonds. The SMILES string of the molecule is O=C[O-].[2H]C([2H])([2H])[N+](CC(=O)Nc1ccc(-n2cc(CNC(=O)CON=CC[C@H](O)[C@H](O)CO)nn2)cc1)(C([2H])([2H])[2H])C([2H])([2H])[2H]. The number of carbonyl (C=O) groups excluding carboxylic acids is 3. The van der Waals surface area contributed by atoms with E-state index in [-0.39, 0.29) is 18.7 Å². The van der Waals surface area contributed by atoms with Gasteiger partial charge in [-0.15, -0.1) is 5.10 Å². The number of amides is 2. The summed E-state index contributed by atoms with van der Waals surface area (Å²) in [6.45, 7) is -13.6. The Hall–Kier alpha value is -3.92. The van der Waals surface area contributed by atoms with Crippen molar-refractivity contribution in [3.8, 4) is 5.69 Å². The Kier molecular flexibility index (Phi) is 8.29. The van der Waals surface area contributed by atoms with Crippen LogP contribution in [0.15, 0.2) is 35.6 Å². The van der Waals surface area contributed by atoms with Crippen molar-refractivity contribution in [1.82, 2.24) is 20.3 Å². The van der Waals surface area contributed by atoms with Gasteiger partial charge >= 0.3 is 0 Å². The van der Waals surface area contributed by atoms with Gasteiger partial charge in [-0.3, -0.25) is 9.59 Å². The minimum absolute atomic E-state index is 0.0159. The molecule has 0 aliphatic rings. The molecular formula is C22H33N7O8.